The second-order valence-corrected chi connectivity index (χ2v) is 8.87. The predicted octanol–water partition coefficient (Wildman–Crippen LogP) is 3.94. The Labute approximate surface area is 224 Å². The van der Waals surface area contributed by atoms with Gasteiger partial charge in [-0.1, -0.05) is 42.5 Å². The van der Waals surface area contributed by atoms with E-state index in [0.29, 0.717) is 23.5 Å². The average molecular weight is 531 g/mol. The van der Waals surface area contributed by atoms with Crippen LogP contribution in [0.4, 0.5) is 10.2 Å². The summed E-state index contributed by atoms with van der Waals surface area (Å²) >= 11 is 0. The van der Waals surface area contributed by atoms with Gasteiger partial charge < -0.3 is 20.5 Å². The van der Waals surface area contributed by atoms with Crippen molar-refractivity contribution in [3.63, 3.8) is 0 Å². The zero-order valence-corrected chi connectivity index (χ0v) is 20.9. The number of aromatic nitrogens is 1. The number of pyridine rings is 1. The third-order valence-corrected chi connectivity index (χ3v) is 6.04. The number of carboxylic acid groups (broad SMARTS) is 1. The highest BCUT2D eigenvalue weighted by Crippen LogP contribution is 2.27. The van der Waals surface area contributed by atoms with Gasteiger partial charge in [-0.05, 0) is 53.1 Å². The van der Waals surface area contributed by atoms with Crippen LogP contribution in [0.3, 0.4) is 0 Å². The monoisotopic (exact) mass is 530 g/mol. The van der Waals surface area contributed by atoms with Crippen molar-refractivity contribution in [3.05, 3.63) is 96.5 Å². The van der Waals surface area contributed by atoms with Crippen LogP contribution >= 0.6 is 0 Å². The molecule has 3 aromatic rings. The number of anilines is 1. The number of nitrogens with one attached hydrogen (secondary N) is 2. The number of aliphatic imine (C=N–C) groups is 1. The van der Waals surface area contributed by atoms with E-state index in [9.17, 15) is 23.9 Å². The Balaban J connectivity index is 1.39. The van der Waals surface area contributed by atoms with Gasteiger partial charge >= 0.3 is 11.9 Å². The van der Waals surface area contributed by atoms with Gasteiger partial charge in [0.1, 0.15) is 18.2 Å². The Morgan fingerprint density at radius 3 is 2.51 bits per heavy atom. The normalized spacial score (nSPS) is 16.4. The maximum Gasteiger partial charge on any atom is 0.338 e. The molecule has 200 valence electrons. The van der Waals surface area contributed by atoms with Crippen molar-refractivity contribution in [1.82, 2.24) is 10.3 Å². The fourth-order valence-electron chi connectivity index (χ4n) is 4.13. The summed E-state index contributed by atoms with van der Waals surface area (Å²) in [5.74, 6) is -2.10. The highest BCUT2D eigenvalue weighted by molar-refractivity contribution is 5.96. The Morgan fingerprint density at radius 1 is 1.03 bits per heavy atom. The lowest BCUT2D eigenvalue weighted by Crippen LogP contribution is -2.42. The molecule has 1 amide bonds. The molecule has 0 spiro atoms. The fraction of sp³-hybridized carbons (Fsp3) is 0.207. The average Bonchev–Trinajstić information content (AvgIpc) is 3.40. The number of carboxylic acids is 1. The number of nitrogens with zero attached hydrogens (tertiary/aromatic N) is 2. The highest BCUT2D eigenvalue weighted by Gasteiger charge is 2.41. The largest absolute Gasteiger partial charge is 0.481 e. The van der Waals surface area contributed by atoms with Crippen LogP contribution in [0.25, 0.3) is 11.1 Å². The van der Waals surface area contributed by atoms with E-state index < -0.39 is 29.4 Å². The van der Waals surface area contributed by atoms with E-state index in [0.717, 1.165) is 5.56 Å². The molecule has 2 aromatic carbocycles. The fourth-order valence-corrected chi connectivity index (χ4v) is 4.13. The van der Waals surface area contributed by atoms with E-state index in [4.69, 9.17) is 4.74 Å². The molecule has 4 rings (SSSR count). The zero-order chi connectivity index (χ0) is 27.7. The van der Waals surface area contributed by atoms with Gasteiger partial charge in [0.2, 0.25) is 5.91 Å². The smallest absolute Gasteiger partial charge is 0.338 e. The van der Waals surface area contributed by atoms with Crippen LogP contribution in [-0.4, -0.2) is 52.8 Å². The minimum Gasteiger partial charge on any atom is -0.481 e. The Kier molecular flexibility index (Phi) is 8.78. The van der Waals surface area contributed by atoms with Gasteiger partial charge in [-0.15, -0.1) is 0 Å². The van der Waals surface area contributed by atoms with Crippen molar-refractivity contribution in [2.45, 2.75) is 24.4 Å². The molecular formula is C29H27FN4O5. The number of aliphatic carboxylic acids is 1. The number of benzene rings is 2. The summed E-state index contributed by atoms with van der Waals surface area (Å²) < 4.78 is 19.0. The van der Waals surface area contributed by atoms with Gasteiger partial charge in [-0.2, -0.15) is 0 Å². The van der Waals surface area contributed by atoms with Crippen molar-refractivity contribution in [2.24, 2.45) is 4.99 Å². The number of carbonyl (C=O) groups excluding carboxylic acids is 2. The van der Waals surface area contributed by atoms with E-state index >= 15 is 0 Å². The quantitative estimate of drug-likeness (QED) is 0.239. The Morgan fingerprint density at radius 2 is 1.85 bits per heavy atom. The predicted molar refractivity (Wildman–Crippen MR) is 144 cm³/mol. The molecule has 0 radical (unpaired) electrons. The molecule has 9 nitrogen and oxygen atoms in total. The summed E-state index contributed by atoms with van der Waals surface area (Å²) in [6.45, 7) is 0.339. The number of ether oxygens (including phenoxy) is 1. The van der Waals surface area contributed by atoms with Gasteiger partial charge in [0, 0.05) is 12.4 Å². The molecule has 0 bridgehead atoms. The number of hydrogen-bond donors (Lipinski definition) is 3. The lowest BCUT2D eigenvalue weighted by atomic mass is 9.95. The summed E-state index contributed by atoms with van der Waals surface area (Å²) in [7, 11) is 0. The summed E-state index contributed by atoms with van der Waals surface area (Å²) in [5, 5.41) is 15.2. The number of allylic oxidation sites excluding steroid dienone is 1. The number of halogens is 1. The van der Waals surface area contributed by atoms with Crippen LogP contribution in [0, 0.1) is 5.82 Å². The van der Waals surface area contributed by atoms with Crippen LogP contribution in [0.15, 0.2) is 90.1 Å². The molecule has 0 aliphatic carbocycles. The van der Waals surface area contributed by atoms with Crippen LogP contribution in [-0.2, 0) is 19.1 Å². The molecular weight excluding hydrogens is 503 g/mol. The molecule has 0 saturated carbocycles. The SMILES string of the molecule is O=C(O)CC(NC(=O)CC1(C(=O)OCCNc2ccccn2)C=CC=N1)c1ccc(-c2cccc(F)c2)cc1. The van der Waals surface area contributed by atoms with Crippen molar-refractivity contribution >= 4 is 29.9 Å². The second kappa shape index (κ2) is 12.6. The zero-order valence-electron chi connectivity index (χ0n) is 20.9. The first-order chi connectivity index (χ1) is 18.8. The first kappa shape index (κ1) is 27.2. The number of amides is 1. The first-order valence-corrected chi connectivity index (χ1v) is 12.3. The minimum absolute atomic E-state index is 0.0292. The van der Waals surface area contributed by atoms with Gasteiger partial charge in [0.25, 0.3) is 0 Å². The standard InChI is InChI=1S/C29H27FN4O5/c30-23-6-3-5-22(17-23)20-8-10-21(11-9-20)24(18-27(36)37)34-26(35)19-29(12-4-14-33-29)28(38)39-16-15-32-25-7-1-2-13-31-25/h1-14,17,24H,15-16,18-19H2,(H,31,32)(H,34,35)(H,36,37). The van der Waals surface area contributed by atoms with Gasteiger partial charge in [-0.25, -0.2) is 14.2 Å². The van der Waals surface area contributed by atoms with Crippen molar-refractivity contribution < 1.29 is 28.6 Å². The minimum atomic E-state index is -1.54. The number of esters is 1. The molecule has 1 aliphatic heterocycles. The molecule has 0 fully saturated rings. The van der Waals surface area contributed by atoms with E-state index in [1.165, 1.54) is 24.4 Å². The van der Waals surface area contributed by atoms with E-state index in [2.05, 4.69) is 20.6 Å². The highest BCUT2D eigenvalue weighted by atomic mass is 19.1. The first-order valence-electron chi connectivity index (χ1n) is 12.3. The topological polar surface area (TPSA) is 130 Å². The van der Waals surface area contributed by atoms with Gasteiger partial charge in [0.15, 0.2) is 5.54 Å². The van der Waals surface area contributed by atoms with Gasteiger partial charge in [-0.3, -0.25) is 14.6 Å². The second-order valence-electron chi connectivity index (χ2n) is 8.87. The number of hydrogen-bond acceptors (Lipinski definition) is 7. The Bertz CT molecular complexity index is 1360. The summed E-state index contributed by atoms with van der Waals surface area (Å²) in [4.78, 5) is 45.8. The maximum atomic E-state index is 13.6. The van der Waals surface area contributed by atoms with Gasteiger partial charge in [0.05, 0.1) is 25.4 Å². The lowest BCUT2D eigenvalue weighted by molar-refractivity contribution is -0.149. The molecule has 2 unspecified atom stereocenters. The molecule has 0 saturated heterocycles. The van der Waals surface area contributed by atoms with E-state index in [1.54, 1.807) is 60.8 Å². The third-order valence-electron chi connectivity index (χ3n) is 6.04. The molecule has 2 atom stereocenters. The van der Waals surface area contributed by atoms with Crippen molar-refractivity contribution in [1.29, 1.82) is 0 Å². The van der Waals surface area contributed by atoms with E-state index in [1.807, 2.05) is 6.07 Å². The molecule has 3 N–H and O–H groups in total. The maximum absolute atomic E-state index is 13.6. The van der Waals surface area contributed by atoms with Crippen LogP contribution in [0.1, 0.15) is 24.4 Å². The summed E-state index contributed by atoms with van der Waals surface area (Å²) in [6.07, 6.45) is 5.36. The van der Waals surface area contributed by atoms with Crippen LogP contribution < -0.4 is 10.6 Å². The van der Waals surface area contributed by atoms with Crippen molar-refractivity contribution in [3.8, 4) is 11.1 Å². The lowest BCUT2D eigenvalue weighted by Gasteiger charge is -2.24. The Hall–Kier alpha value is -4.86. The number of rotatable bonds is 12. The molecule has 1 aromatic heterocycles. The summed E-state index contributed by atoms with van der Waals surface area (Å²) in [6, 6.07) is 17.5. The molecule has 2 heterocycles. The van der Waals surface area contributed by atoms with Crippen LogP contribution in [0.2, 0.25) is 0 Å². The van der Waals surface area contributed by atoms with E-state index in [-0.39, 0.29) is 25.3 Å². The molecule has 10 heteroatoms. The summed E-state index contributed by atoms with van der Waals surface area (Å²) in [5.41, 5.74) is 0.420. The number of carbonyl (C=O) groups is 3. The van der Waals surface area contributed by atoms with Crippen LogP contribution in [0.5, 0.6) is 0 Å². The molecule has 1 aliphatic rings. The van der Waals surface area contributed by atoms with Crippen molar-refractivity contribution in [2.75, 3.05) is 18.5 Å². The third kappa shape index (κ3) is 7.35. The molecule has 39 heavy (non-hydrogen) atoms.